The van der Waals surface area contributed by atoms with Gasteiger partial charge in [-0.05, 0) is 68.7 Å². The predicted octanol–water partition coefficient (Wildman–Crippen LogP) is 5.34. The van der Waals surface area contributed by atoms with Crippen molar-refractivity contribution in [3.05, 3.63) is 70.2 Å². The molecule has 1 aromatic carbocycles. The maximum Gasteiger partial charge on any atom is 0.448 e. The summed E-state index contributed by atoms with van der Waals surface area (Å²) in [6.07, 6.45) is 2.03. The largest absolute Gasteiger partial charge is 0.448 e. The lowest BCUT2D eigenvalue weighted by Crippen LogP contribution is -2.10. The molecule has 1 N–H and O–H groups in total. The van der Waals surface area contributed by atoms with Crippen LogP contribution in [0.5, 0.6) is 0 Å². The van der Waals surface area contributed by atoms with Gasteiger partial charge in [0.1, 0.15) is 0 Å². The van der Waals surface area contributed by atoms with Crippen molar-refractivity contribution < 1.29 is 9.11 Å². The molecule has 1 amide bonds. The van der Waals surface area contributed by atoms with E-state index in [0.717, 1.165) is 50.8 Å². The SMILES string of the molecule is CC1=CC(C)=N/C1=C(/c1ccc(NC(=O)I)cc1)c1c(C)cc(C)n1BF. The van der Waals surface area contributed by atoms with E-state index in [2.05, 4.69) is 5.32 Å². The van der Waals surface area contributed by atoms with Crippen molar-refractivity contribution in [2.24, 2.45) is 4.99 Å². The zero-order valence-corrected chi connectivity index (χ0v) is 17.9. The fourth-order valence-electron chi connectivity index (χ4n) is 3.49. The number of amides is 1. The van der Waals surface area contributed by atoms with E-state index in [1.807, 2.05) is 64.1 Å². The fourth-order valence-corrected chi connectivity index (χ4v) is 3.80. The third-order valence-electron chi connectivity index (χ3n) is 4.59. The van der Waals surface area contributed by atoms with E-state index in [1.54, 1.807) is 27.1 Å². The zero-order chi connectivity index (χ0) is 19.7. The predicted molar refractivity (Wildman–Crippen MR) is 120 cm³/mol. The number of hydrogen-bond donors (Lipinski definition) is 1. The lowest BCUT2D eigenvalue weighted by Gasteiger charge is -2.16. The Morgan fingerprint density at radius 2 is 1.85 bits per heavy atom. The van der Waals surface area contributed by atoms with Gasteiger partial charge in [-0.1, -0.05) is 12.1 Å². The molecule has 0 spiro atoms. The summed E-state index contributed by atoms with van der Waals surface area (Å²) in [4.78, 5) is 16.0. The standard InChI is InChI=1S/C20H20BFIN3O/c1-11-9-13(3)24-18(11)17(19-12(2)10-14(4)26(19)21-22)15-5-7-16(8-6-15)25-20(23)27/h5-10,21H,1-4H3,(H,25,27)/b18-17-. The fraction of sp³-hybridized carbons (Fsp3) is 0.200. The van der Waals surface area contributed by atoms with E-state index >= 15 is 0 Å². The van der Waals surface area contributed by atoms with Gasteiger partial charge in [0.15, 0.2) is 0 Å². The van der Waals surface area contributed by atoms with Gasteiger partial charge in [-0.15, -0.1) is 0 Å². The number of aliphatic imine (C=N–C) groups is 1. The third-order valence-corrected chi connectivity index (χ3v) is 4.86. The van der Waals surface area contributed by atoms with Gasteiger partial charge in [0.05, 0.1) is 5.70 Å². The van der Waals surface area contributed by atoms with E-state index in [-0.39, 0.29) is 3.91 Å². The summed E-state index contributed by atoms with van der Waals surface area (Å²) in [7, 11) is -0.597. The summed E-state index contributed by atoms with van der Waals surface area (Å²) in [5.41, 5.74) is 8.10. The minimum Gasteiger partial charge on any atom is -0.362 e. The van der Waals surface area contributed by atoms with Gasteiger partial charge < -0.3 is 14.1 Å². The first-order chi connectivity index (χ1) is 12.8. The van der Waals surface area contributed by atoms with Gasteiger partial charge in [0, 0.05) is 51.0 Å². The van der Waals surface area contributed by atoms with Crippen molar-refractivity contribution in [3.63, 3.8) is 0 Å². The number of carbonyl (C=O) groups is 1. The number of aryl methyl sites for hydroxylation is 2. The molecule has 27 heavy (non-hydrogen) atoms. The van der Waals surface area contributed by atoms with Crippen molar-refractivity contribution in [2.75, 3.05) is 5.32 Å². The minimum absolute atomic E-state index is 0.147. The average Bonchev–Trinajstić information content (AvgIpc) is 3.07. The van der Waals surface area contributed by atoms with Crippen LogP contribution >= 0.6 is 22.6 Å². The molecular weight excluding hydrogens is 455 g/mol. The third kappa shape index (κ3) is 3.92. The molecule has 0 bridgehead atoms. The van der Waals surface area contributed by atoms with Crippen molar-refractivity contribution in [3.8, 4) is 0 Å². The number of benzene rings is 1. The number of nitrogens with one attached hydrogen (secondary N) is 1. The van der Waals surface area contributed by atoms with Crippen molar-refractivity contribution >= 4 is 51.2 Å². The summed E-state index contributed by atoms with van der Waals surface area (Å²) >= 11 is 1.70. The second kappa shape index (κ2) is 7.84. The molecule has 7 heteroatoms. The highest BCUT2D eigenvalue weighted by molar-refractivity contribution is 14.1. The van der Waals surface area contributed by atoms with E-state index in [4.69, 9.17) is 4.99 Å². The molecular formula is C20H20BFIN3O. The molecule has 4 nitrogen and oxygen atoms in total. The smallest absolute Gasteiger partial charge is 0.362 e. The van der Waals surface area contributed by atoms with Gasteiger partial charge in [-0.25, -0.2) is 0 Å². The number of halogens is 2. The first-order valence-electron chi connectivity index (χ1n) is 8.60. The molecule has 0 unspecified atom stereocenters. The van der Waals surface area contributed by atoms with Gasteiger partial charge in [0.2, 0.25) is 0 Å². The first-order valence-corrected chi connectivity index (χ1v) is 9.68. The van der Waals surface area contributed by atoms with Crippen molar-refractivity contribution in [1.82, 2.24) is 4.48 Å². The summed E-state index contributed by atoms with van der Waals surface area (Å²) in [5, 5.41) is 2.76. The highest BCUT2D eigenvalue weighted by atomic mass is 127. The van der Waals surface area contributed by atoms with Crippen LogP contribution in [0.15, 0.2) is 52.7 Å². The summed E-state index contributed by atoms with van der Waals surface area (Å²) < 4.78 is 15.4. The Labute approximate surface area is 172 Å². The van der Waals surface area contributed by atoms with Crippen LogP contribution in [-0.2, 0) is 0 Å². The van der Waals surface area contributed by atoms with Gasteiger partial charge >= 0.3 is 7.69 Å². The zero-order valence-electron chi connectivity index (χ0n) is 15.7. The van der Waals surface area contributed by atoms with Gasteiger partial charge in [0.25, 0.3) is 3.91 Å². The highest BCUT2D eigenvalue weighted by Crippen LogP contribution is 2.36. The highest BCUT2D eigenvalue weighted by Gasteiger charge is 2.22. The van der Waals surface area contributed by atoms with Gasteiger partial charge in [-0.2, -0.15) is 0 Å². The molecule has 0 aliphatic carbocycles. The second-order valence-electron chi connectivity index (χ2n) is 6.65. The van der Waals surface area contributed by atoms with E-state index in [0.29, 0.717) is 0 Å². The Kier molecular flexibility index (Phi) is 5.69. The summed E-state index contributed by atoms with van der Waals surface area (Å²) in [6.45, 7) is 7.87. The summed E-state index contributed by atoms with van der Waals surface area (Å²) in [5.74, 6) is 0. The van der Waals surface area contributed by atoms with E-state index in [1.165, 1.54) is 0 Å². The number of rotatable bonds is 4. The Morgan fingerprint density at radius 3 is 2.37 bits per heavy atom. The molecule has 0 atom stereocenters. The quantitative estimate of drug-likeness (QED) is 0.276. The van der Waals surface area contributed by atoms with Crippen LogP contribution in [0.25, 0.3) is 5.57 Å². The lowest BCUT2D eigenvalue weighted by molar-refractivity contribution is 0.272. The molecule has 2 heterocycles. The van der Waals surface area contributed by atoms with Crippen molar-refractivity contribution in [1.29, 1.82) is 0 Å². The Morgan fingerprint density at radius 1 is 1.19 bits per heavy atom. The average molecular weight is 475 g/mol. The minimum atomic E-state index is -0.597. The number of carbonyl (C=O) groups excluding carboxylic acids is 1. The van der Waals surface area contributed by atoms with Crippen LogP contribution in [0.3, 0.4) is 0 Å². The summed E-state index contributed by atoms with van der Waals surface area (Å²) in [6, 6.07) is 9.56. The molecule has 0 radical (unpaired) electrons. The van der Waals surface area contributed by atoms with Crippen LogP contribution in [0, 0.1) is 13.8 Å². The molecule has 2 aromatic rings. The van der Waals surface area contributed by atoms with Gasteiger partial charge in [-0.3, -0.25) is 9.79 Å². The normalized spacial score (nSPS) is 15.3. The van der Waals surface area contributed by atoms with Crippen LogP contribution in [0.1, 0.15) is 36.4 Å². The molecule has 138 valence electrons. The molecule has 0 saturated heterocycles. The number of nitrogens with zero attached hydrogens (tertiary/aromatic N) is 2. The molecule has 3 rings (SSSR count). The number of anilines is 1. The monoisotopic (exact) mass is 475 g/mol. The van der Waals surface area contributed by atoms with E-state index in [9.17, 15) is 9.11 Å². The Hall–Kier alpha value is -2.16. The van der Waals surface area contributed by atoms with Crippen LogP contribution < -0.4 is 5.32 Å². The molecule has 1 aliphatic rings. The Balaban J connectivity index is 2.24. The maximum absolute atomic E-state index is 13.8. The maximum atomic E-state index is 13.8. The topological polar surface area (TPSA) is 46.4 Å². The van der Waals surface area contributed by atoms with Crippen LogP contribution in [-0.4, -0.2) is 21.8 Å². The second-order valence-corrected chi connectivity index (χ2v) is 7.62. The molecule has 1 aliphatic heterocycles. The number of allylic oxidation sites excluding steroid dienone is 2. The van der Waals surface area contributed by atoms with E-state index < -0.39 is 7.69 Å². The number of aromatic nitrogens is 1. The van der Waals surface area contributed by atoms with Crippen LogP contribution in [0.4, 0.5) is 14.8 Å². The molecule has 1 aromatic heterocycles. The number of hydrogen-bond acceptors (Lipinski definition) is 2. The molecule has 0 fully saturated rings. The van der Waals surface area contributed by atoms with Crippen LogP contribution in [0.2, 0.25) is 0 Å². The first kappa shape index (κ1) is 19.6. The van der Waals surface area contributed by atoms with Crippen molar-refractivity contribution in [2.45, 2.75) is 27.7 Å². The lowest BCUT2D eigenvalue weighted by atomic mass is 9.95. The Bertz CT molecular complexity index is 1000. The molecule has 0 saturated carbocycles.